The van der Waals surface area contributed by atoms with Crippen LogP contribution in [-0.2, 0) is 10.9 Å². The van der Waals surface area contributed by atoms with Crippen LogP contribution >= 0.6 is 11.6 Å². The van der Waals surface area contributed by atoms with Crippen molar-refractivity contribution in [2.24, 2.45) is 0 Å². The maximum Gasteiger partial charge on any atom is 0.417 e. The summed E-state index contributed by atoms with van der Waals surface area (Å²) < 4.78 is 42.8. The minimum Gasteiger partial charge on any atom is -0.462 e. The van der Waals surface area contributed by atoms with E-state index in [0.29, 0.717) is 17.5 Å². The first-order valence-electron chi connectivity index (χ1n) is 6.61. The molecule has 0 radical (unpaired) electrons. The molecule has 2 rings (SSSR count). The molecule has 122 valence electrons. The van der Waals surface area contributed by atoms with Crippen LogP contribution < -0.4 is 0 Å². The van der Waals surface area contributed by atoms with Gasteiger partial charge in [-0.2, -0.15) is 13.2 Å². The Hall–Kier alpha value is -2.15. The van der Waals surface area contributed by atoms with Gasteiger partial charge in [-0.15, -0.1) is 0 Å². The van der Waals surface area contributed by atoms with E-state index in [0.717, 1.165) is 6.07 Å². The fourth-order valence-corrected chi connectivity index (χ4v) is 2.16. The summed E-state index contributed by atoms with van der Waals surface area (Å²) in [6.45, 7) is 3.48. The molecule has 0 saturated heterocycles. The minimum atomic E-state index is -4.53. The number of alkyl halides is 3. The number of carbonyl (C=O) groups excluding carboxylic acids is 1. The Bertz CT molecular complexity index is 748. The summed E-state index contributed by atoms with van der Waals surface area (Å²) in [6.07, 6.45) is -2.46. The Balaban J connectivity index is 2.47. The number of ether oxygens (including phenoxy) is 1. The fourth-order valence-electron chi connectivity index (χ4n) is 1.88. The molecule has 0 amide bonds. The average Bonchev–Trinajstić information content (AvgIpc) is 2.47. The Labute approximate surface area is 135 Å². The number of esters is 1. The number of hydrogen-bond donors (Lipinski definition) is 0. The van der Waals surface area contributed by atoms with Crippen molar-refractivity contribution >= 4 is 17.6 Å². The molecule has 4 nitrogen and oxygen atoms in total. The standard InChI is InChI=1S/C15H12ClF3N2O2/c1-3-23-14(22)11-4-9(6-20-8(11)2)13-12(16)5-10(7-21-13)15(17,18)19/h4-7H,3H2,1-2H3. The fraction of sp³-hybridized carbons (Fsp3) is 0.267. The third-order valence-electron chi connectivity index (χ3n) is 3.02. The van der Waals surface area contributed by atoms with Gasteiger partial charge in [0.1, 0.15) is 0 Å². The zero-order chi connectivity index (χ0) is 17.2. The van der Waals surface area contributed by atoms with Crippen LogP contribution in [0.15, 0.2) is 24.5 Å². The molecule has 0 fully saturated rings. The summed E-state index contributed by atoms with van der Waals surface area (Å²) in [5.74, 6) is -0.567. The first kappa shape index (κ1) is 17.2. The van der Waals surface area contributed by atoms with Gasteiger partial charge < -0.3 is 4.74 Å². The van der Waals surface area contributed by atoms with Crippen LogP contribution in [0.25, 0.3) is 11.3 Å². The van der Waals surface area contributed by atoms with E-state index in [1.807, 2.05) is 0 Å². The molecule has 0 aromatic carbocycles. The molecule has 0 spiro atoms. The normalized spacial score (nSPS) is 11.4. The highest BCUT2D eigenvalue weighted by atomic mass is 35.5. The van der Waals surface area contributed by atoms with E-state index in [1.54, 1.807) is 13.8 Å². The van der Waals surface area contributed by atoms with Gasteiger partial charge in [-0.25, -0.2) is 4.79 Å². The van der Waals surface area contributed by atoms with E-state index in [1.165, 1.54) is 12.3 Å². The summed E-state index contributed by atoms with van der Waals surface area (Å²) in [6, 6.07) is 2.23. The number of carbonyl (C=O) groups is 1. The van der Waals surface area contributed by atoms with Crippen molar-refractivity contribution in [1.29, 1.82) is 0 Å². The van der Waals surface area contributed by atoms with Gasteiger partial charge in [-0.3, -0.25) is 9.97 Å². The van der Waals surface area contributed by atoms with Crippen molar-refractivity contribution in [2.45, 2.75) is 20.0 Å². The summed E-state index contributed by atoms with van der Waals surface area (Å²) in [5.41, 5.74) is 0.143. The lowest BCUT2D eigenvalue weighted by Crippen LogP contribution is -2.09. The first-order valence-corrected chi connectivity index (χ1v) is 6.98. The van der Waals surface area contributed by atoms with Gasteiger partial charge in [-0.05, 0) is 26.0 Å². The van der Waals surface area contributed by atoms with E-state index in [2.05, 4.69) is 9.97 Å². The Morgan fingerprint density at radius 3 is 2.52 bits per heavy atom. The van der Waals surface area contributed by atoms with Crippen LogP contribution in [0.1, 0.15) is 28.5 Å². The summed E-state index contributed by atoms with van der Waals surface area (Å²) in [7, 11) is 0. The van der Waals surface area contributed by atoms with Crippen LogP contribution in [-0.4, -0.2) is 22.5 Å². The van der Waals surface area contributed by atoms with Crippen molar-refractivity contribution < 1.29 is 22.7 Å². The summed E-state index contributed by atoms with van der Waals surface area (Å²) in [5, 5.41) is -0.180. The molecule has 0 aliphatic carbocycles. The molecule has 0 N–H and O–H groups in total. The van der Waals surface area contributed by atoms with Gasteiger partial charge in [-0.1, -0.05) is 11.6 Å². The van der Waals surface area contributed by atoms with Crippen LogP contribution in [0.5, 0.6) is 0 Å². The SMILES string of the molecule is CCOC(=O)c1cc(-c2ncc(C(F)(F)F)cc2Cl)cnc1C. The third-order valence-corrected chi connectivity index (χ3v) is 3.31. The molecule has 8 heteroatoms. The molecular weight excluding hydrogens is 333 g/mol. The first-order chi connectivity index (χ1) is 10.7. The van der Waals surface area contributed by atoms with Gasteiger partial charge in [0.2, 0.25) is 0 Å². The average molecular weight is 345 g/mol. The summed E-state index contributed by atoms with van der Waals surface area (Å²) in [4.78, 5) is 19.7. The lowest BCUT2D eigenvalue weighted by molar-refractivity contribution is -0.137. The van der Waals surface area contributed by atoms with Crippen molar-refractivity contribution in [3.63, 3.8) is 0 Å². The zero-order valence-electron chi connectivity index (χ0n) is 12.2. The van der Waals surface area contributed by atoms with Crippen molar-refractivity contribution in [3.8, 4) is 11.3 Å². The summed E-state index contributed by atoms with van der Waals surface area (Å²) >= 11 is 5.90. The van der Waals surface area contributed by atoms with Gasteiger partial charge in [0.05, 0.1) is 34.1 Å². The van der Waals surface area contributed by atoms with Gasteiger partial charge >= 0.3 is 12.1 Å². The number of hydrogen-bond acceptors (Lipinski definition) is 4. The van der Waals surface area contributed by atoms with Gasteiger partial charge in [0, 0.05) is 18.0 Å². The highest BCUT2D eigenvalue weighted by molar-refractivity contribution is 6.33. The Morgan fingerprint density at radius 2 is 1.96 bits per heavy atom. The van der Waals surface area contributed by atoms with E-state index >= 15 is 0 Å². The van der Waals surface area contributed by atoms with Crippen LogP contribution in [0, 0.1) is 6.92 Å². The maximum absolute atomic E-state index is 12.6. The quantitative estimate of drug-likeness (QED) is 0.779. The molecule has 0 unspecified atom stereocenters. The Kier molecular flexibility index (Phi) is 4.89. The number of aromatic nitrogens is 2. The van der Waals surface area contributed by atoms with E-state index in [4.69, 9.17) is 16.3 Å². The number of pyridine rings is 2. The second kappa shape index (κ2) is 6.54. The highest BCUT2D eigenvalue weighted by Gasteiger charge is 2.31. The van der Waals surface area contributed by atoms with Crippen LogP contribution in [0.4, 0.5) is 13.2 Å². The molecular formula is C15H12ClF3N2O2. The molecule has 0 aliphatic heterocycles. The lowest BCUT2D eigenvalue weighted by atomic mass is 10.1. The molecule has 2 heterocycles. The predicted octanol–water partition coefficient (Wildman–Crippen LogP) is 4.30. The monoisotopic (exact) mass is 344 g/mol. The molecule has 0 aliphatic rings. The zero-order valence-corrected chi connectivity index (χ0v) is 13.0. The van der Waals surface area contributed by atoms with Crippen LogP contribution in [0.2, 0.25) is 5.02 Å². The smallest absolute Gasteiger partial charge is 0.417 e. The number of aryl methyl sites for hydroxylation is 1. The Morgan fingerprint density at radius 1 is 1.26 bits per heavy atom. The molecule has 0 bridgehead atoms. The van der Waals surface area contributed by atoms with Crippen LogP contribution in [0.3, 0.4) is 0 Å². The lowest BCUT2D eigenvalue weighted by Gasteiger charge is -2.11. The third kappa shape index (κ3) is 3.79. The molecule has 2 aromatic rings. The minimum absolute atomic E-state index is 0.109. The molecule has 23 heavy (non-hydrogen) atoms. The van der Waals surface area contributed by atoms with Crippen molar-refractivity contribution in [2.75, 3.05) is 6.61 Å². The van der Waals surface area contributed by atoms with Crippen molar-refractivity contribution in [1.82, 2.24) is 9.97 Å². The van der Waals surface area contributed by atoms with E-state index in [9.17, 15) is 18.0 Å². The topological polar surface area (TPSA) is 52.1 Å². The largest absolute Gasteiger partial charge is 0.462 e. The van der Waals surface area contributed by atoms with Gasteiger partial charge in [0.15, 0.2) is 0 Å². The number of rotatable bonds is 3. The highest BCUT2D eigenvalue weighted by Crippen LogP contribution is 2.34. The maximum atomic E-state index is 12.6. The van der Waals surface area contributed by atoms with Gasteiger partial charge in [0.25, 0.3) is 0 Å². The molecule has 2 aromatic heterocycles. The van der Waals surface area contributed by atoms with E-state index < -0.39 is 17.7 Å². The predicted molar refractivity (Wildman–Crippen MR) is 78.2 cm³/mol. The van der Waals surface area contributed by atoms with E-state index in [-0.39, 0.29) is 22.9 Å². The number of nitrogens with zero attached hydrogens (tertiary/aromatic N) is 2. The number of halogens is 4. The van der Waals surface area contributed by atoms with Crippen molar-refractivity contribution in [3.05, 3.63) is 46.4 Å². The molecule has 0 saturated carbocycles. The second-order valence-electron chi connectivity index (χ2n) is 4.63. The second-order valence-corrected chi connectivity index (χ2v) is 5.04. The molecule has 0 atom stereocenters.